The van der Waals surface area contributed by atoms with Crippen LogP contribution in [0.2, 0.25) is 0 Å². The van der Waals surface area contributed by atoms with Gasteiger partial charge in [0.1, 0.15) is 11.5 Å². The molecule has 12 heteroatoms. The number of anilines is 2. The molecule has 2 aromatic heterocycles. The molecule has 0 spiro atoms. The van der Waals surface area contributed by atoms with Gasteiger partial charge in [0.15, 0.2) is 5.76 Å². The second-order valence-corrected chi connectivity index (χ2v) is 13.7. The Morgan fingerprint density at radius 2 is 1.64 bits per heavy atom. The highest BCUT2D eigenvalue weighted by Gasteiger charge is 2.30. The molecule has 2 amide bonds. The van der Waals surface area contributed by atoms with Crippen molar-refractivity contribution in [3.8, 4) is 16.9 Å². The van der Waals surface area contributed by atoms with Gasteiger partial charge in [-0.3, -0.25) is 14.5 Å². The second kappa shape index (κ2) is 16.9. The molecule has 12 nitrogen and oxygen atoms in total. The quantitative estimate of drug-likeness (QED) is 0.0748. The zero-order chi connectivity index (χ0) is 38.3. The van der Waals surface area contributed by atoms with Crippen LogP contribution in [0.5, 0.6) is 5.75 Å². The molecule has 4 aromatic carbocycles. The SMILES string of the molecule is O=C(Nc1ccc(CCN2CCC(N(C(=O)O)c3ccccc3-c3ccccc3)CC2)cc1)c1ccc(CNC[C@H](O)c2ccc(O)c3[nH]c(=O)ccc23)o1. The normalized spacial score (nSPS) is 14.1. The summed E-state index contributed by atoms with van der Waals surface area (Å²) in [6, 6.07) is 34.4. The molecule has 1 saturated heterocycles. The van der Waals surface area contributed by atoms with Crippen LogP contribution < -0.4 is 21.1 Å². The van der Waals surface area contributed by atoms with Crippen molar-refractivity contribution < 1.29 is 29.3 Å². The fourth-order valence-corrected chi connectivity index (χ4v) is 7.22. The van der Waals surface area contributed by atoms with Gasteiger partial charge in [-0.1, -0.05) is 66.7 Å². The number of pyridine rings is 1. The van der Waals surface area contributed by atoms with Crippen LogP contribution in [0.1, 0.15) is 46.4 Å². The Hall–Kier alpha value is -6.21. The van der Waals surface area contributed by atoms with Gasteiger partial charge in [-0.25, -0.2) is 4.79 Å². The number of hydrogen-bond donors (Lipinski definition) is 6. The number of piperidine rings is 1. The number of aliphatic hydroxyl groups excluding tert-OH is 1. The first-order chi connectivity index (χ1) is 26.7. The van der Waals surface area contributed by atoms with E-state index in [4.69, 9.17) is 4.42 Å². The number of aromatic amines is 1. The maximum Gasteiger partial charge on any atom is 0.412 e. The fraction of sp³-hybridized carbons (Fsp3) is 0.233. The minimum Gasteiger partial charge on any atom is -0.506 e. The van der Waals surface area contributed by atoms with Crippen molar-refractivity contribution in [2.45, 2.75) is 38.0 Å². The van der Waals surface area contributed by atoms with E-state index in [2.05, 4.69) is 20.5 Å². The van der Waals surface area contributed by atoms with E-state index in [0.717, 1.165) is 55.6 Å². The molecular weight excluding hydrogens is 699 g/mol. The number of carboxylic acid groups (broad SMARTS) is 1. The van der Waals surface area contributed by atoms with Crippen molar-refractivity contribution in [1.29, 1.82) is 0 Å². The van der Waals surface area contributed by atoms with E-state index in [1.807, 2.05) is 78.9 Å². The molecule has 7 rings (SSSR count). The number of hydrogen-bond acceptors (Lipinski definition) is 8. The number of fused-ring (bicyclic) bond motifs is 1. The van der Waals surface area contributed by atoms with Crippen LogP contribution in [-0.2, 0) is 13.0 Å². The summed E-state index contributed by atoms with van der Waals surface area (Å²) in [6.45, 7) is 2.88. The van der Waals surface area contributed by atoms with Gasteiger partial charge in [0, 0.05) is 54.9 Å². The van der Waals surface area contributed by atoms with Crippen molar-refractivity contribution in [2.24, 2.45) is 0 Å². The summed E-state index contributed by atoms with van der Waals surface area (Å²) >= 11 is 0. The van der Waals surface area contributed by atoms with Crippen LogP contribution >= 0.6 is 0 Å². The van der Waals surface area contributed by atoms with Gasteiger partial charge in [0.2, 0.25) is 5.56 Å². The number of rotatable bonds is 13. The number of H-pyrrole nitrogens is 1. The first-order valence-electron chi connectivity index (χ1n) is 18.3. The summed E-state index contributed by atoms with van der Waals surface area (Å²) in [7, 11) is 0. The van der Waals surface area contributed by atoms with E-state index in [-0.39, 0.29) is 47.6 Å². The Balaban J connectivity index is 0.862. The van der Waals surface area contributed by atoms with Crippen LogP contribution in [0, 0.1) is 0 Å². The number of phenols is 1. The summed E-state index contributed by atoms with van der Waals surface area (Å²) in [4.78, 5) is 43.7. The standard InChI is InChI=1S/C43H43N5O7/c49-37-17-15-34(35-16-19-40(51)46-41(35)37)38(50)27-44-26-32-14-18-39(55-32)42(52)45-30-12-10-28(11-13-30)20-23-47-24-21-31(22-25-47)48(43(53)54)36-9-5-4-8-33(36)29-6-2-1-3-7-29/h1-19,31,38,44,49-50H,20-27H2,(H,45,52)(H,46,51)(H,53,54)/t38-/m0/s1. The highest BCUT2D eigenvalue weighted by molar-refractivity contribution is 6.02. The Morgan fingerprint density at radius 3 is 2.40 bits per heavy atom. The van der Waals surface area contributed by atoms with E-state index in [9.17, 15) is 29.7 Å². The minimum absolute atomic E-state index is 0.0769. The lowest BCUT2D eigenvalue weighted by Crippen LogP contribution is -2.47. The predicted octanol–water partition coefficient (Wildman–Crippen LogP) is 6.76. The lowest BCUT2D eigenvalue weighted by molar-refractivity contribution is 0.0994. The first kappa shape index (κ1) is 37.1. The number of furan rings is 1. The van der Waals surface area contributed by atoms with Gasteiger partial charge < -0.3 is 40.3 Å². The van der Waals surface area contributed by atoms with Crippen molar-refractivity contribution in [3.63, 3.8) is 0 Å². The topological polar surface area (TPSA) is 171 Å². The molecule has 3 heterocycles. The molecule has 6 aromatic rings. The van der Waals surface area contributed by atoms with Crippen molar-refractivity contribution in [3.05, 3.63) is 148 Å². The number of phenolic OH excluding ortho intramolecular Hbond substituents is 1. The minimum atomic E-state index is -0.937. The first-order valence-corrected chi connectivity index (χ1v) is 18.3. The number of aromatic nitrogens is 1. The zero-order valence-corrected chi connectivity index (χ0v) is 30.2. The third-order valence-electron chi connectivity index (χ3n) is 10.1. The summed E-state index contributed by atoms with van der Waals surface area (Å²) in [5.74, 6) is 0.216. The monoisotopic (exact) mass is 741 g/mol. The number of carbonyl (C=O) groups is 2. The number of aliphatic hydroxyl groups is 1. The lowest BCUT2D eigenvalue weighted by atomic mass is 9.98. The average Bonchev–Trinajstić information content (AvgIpc) is 3.68. The molecule has 0 bridgehead atoms. The van der Waals surface area contributed by atoms with Gasteiger partial charge >= 0.3 is 6.09 Å². The number of nitrogens with one attached hydrogen (secondary N) is 3. The summed E-state index contributed by atoms with van der Waals surface area (Å²) < 4.78 is 5.75. The molecule has 0 radical (unpaired) electrons. The lowest BCUT2D eigenvalue weighted by Gasteiger charge is -2.38. The number of carbonyl (C=O) groups excluding carboxylic acids is 1. The van der Waals surface area contributed by atoms with Crippen LogP contribution in [0.4, 0.5) is 16.2 Å². The Kier molecular flexibility index (Phi) is 11.4. The molecule has 1 atom stereocenters. The number of benzene rings is 4. The van der Waals surface area contributed by atoms with Crippen LogP contribution in [0.15, 0.2) is 124 Å². The van der Waals surface area contributed by atoms with Crippen molar-refractivity contribution >= 4 is 34.3 Å². The van der Waals surface area contributed by atoms with Crippen LogP contribution in [-0.4, -0.2) is 69.4 Å². The Bertz CT molecular complexity index is 2310. The maximum absolute atomic E-state index is 12.9. The summed E-state index contributed by atoms with van der Waals surface area (Å²) in [6.07, 6.45) is 0.450. The van der Waals surface area contributed by atoms with Gasteiger partial charge in [0.25, 0.3) is 5.91 Å². The molecule has 282 valence electrons. The number of likely N-dealkylation sites (tertiary alicyclic amines) is 1. The summed E-state index contributed by atoms with van der Waals surface area (Å²) in [5, 5.41) is 37.7. The molecule has 1 fully saturated rings. The van der Waals surface area contributed by atoms with E-state index in [1.165, 1.54) is 12.1 Å². The van der Waals surface area contributed by atoms with E-state index < -0.39 is 12.2 Å². The Morgan fingerprint density at radius 1 is 0.891 bits per heavy atom. The molecule has 1 aliphatic heterocycles. The fourth-order valence-electron chi connectivity index (χ4n) is 7.22. The highest BCUT2D eigenvalue weighted by atomic mass is 16.4. The summed E-state index contributed by atoms with van der Waals surface area (Å²) in [5.41, 5.74) is 4.85. The average molecular weight is 742 g/mol. The molecule has 0 saturated carbocycles. The molecule has 55 heavy (non-hydrogen) atoms. The smallest absolute Gasteiger partial charge is 0.412 e. The van der Waals surface area contributed by atoms with Gasteiger partial charge in [-0.15, -0.1) is 0 Å². The number of aromatic hydroxyl groups is 1. The molecule has 0 unspecified atom stereocenters. The van der Waals surface area contributed by atoms with E-state index in [1.54, 1.807) is 29.2 Å². The van der Waals surface area contributed by atoms with Gasteiger partial charge in [-0.05, 0) is 78.4 Å². The molecule has 0 aliphatic carbocycles. The largest absolute Gasteiger partial charge is 0.506 e. The highest BCUT2D eigenvalue weighted by Crippen LogP contribution is 2.34. The second-order valence-electron chi connectivity index (χ2n) is 13.7. The predicted molar refractivity (Wildman–Crippen MR) is 212 cm³/mol. The Labute approximate surface area is 317 Å². The number of amides is 2. The van der Waals surface area contributed by atoms with Crippen molar-refractivity contribution in [1.82, 2.24) is 15.2 Å². The number of nitrogens with zero attached hydrogens (tertiary/aromatic N) is 2. The molecular formula is C43H43N5O7. The third-order valence-corrected chi connectivity index (χ3v) is 10.1. The van der Waals surface area contributed by atoms with Crippen LogP contribution in [0.25, 0.3) is 22.0 Å². The number of para-hydroxylation sites is 1. The molecule has 1 aliphatic rings. The maximum atomic E-state index is 12.9. The zero-order valence-electron chi connectivity index (χ0n) is 30.2. The third kappa shape index (κ3) is 8.79. The van der Waals surface area contributed by atoms with E-state index >= 15 is 0 Å². The van der Waals surface area contributed by atoms with Crippen molar-refractivity contribution in [2.75, 3.05) is 36.4 Å². The molecule has 6 N–H and O–H groups in total. The van der Waals surface area contributed by atoms with Gasteiger partial charge in [0.05, 0.1) is 23.9 Å². The van der Waals surface area contributed by atoms with E-state index in [0.29, 0.717) is 28.1 Å². The van der Waals surface area contributed by atoms with Crippen LogP contribution in [0.3, 0.4) is 0 Å². The van der Waals surface area contributed by atoms with Gasteiger partial charge in [-0.2, -0.15) is 0 Å².